The van der Waals surface area contributed by atoms with E-state index >= 15 is 0 Å². The van der Waals surface area contributed by atoms with Gasteiger partial charge < -0.3 is 4.74 Å². The summed E-state index contributed by atoms with van der Waals surface area (Å²) in [6, 6.07) is 18.8. The van der Waals surface area contributed by atoms with Crippen molar-refractivity contribution in [1.29, 1.82) is 0 Å². The summed E-state index contributed by atoms with van der Waals surface area (Å²) in [5, 5.41) is 0. The highest BCUT2D eigenvalue weighted by Crippen LogP contribution is 2.26. The first kappa shape index (κ1) is 15.0. The number of hydrogen-bond donors (Lipinski definition) is 0. The van der Waals surface area contributed by atoms with Crippen LogP contribution in [0.15, 0.2) is 66.9 Å². The molecular weight excluding hydrogens is 260 g/mol. The van der Waals surface area contributed by atoms with E-state index in [1.54, 1.807) is 0 Å². The first-order chi connectivity index (χ1) is 10.1. The minimum atomic E-state index is -0.313. The second kappa shape index (κ2) is 6.89. The van der Waals surface area contributed by atoms with Gasteiger partial charge in [-0.15, -0.1) is 0 Å². The Kier molecular flexibility index (Phi) is 4.94. The van der Waals surface area contributed by atoms with Crippen LogP contribution >= 0.6 is 0 Å². The van der Waals surface area contributed by atoms with Crippen molar-refractivity contribution in [3.8, 4) is 11.1 Å². The molecule has 0 bridgehead atoms. The molecule has 0 aliphatic rings. The Morgan fingerprint density at radius 3 is 2.19 bits per heavy atom. The smallest absolute Gasteiger partial charge is 0.307 e. The molecule has 21 heavy (non-hydrogen) atoms. The second-order valence-electron chi connectivity index (χ2n) is 5.23. The highest BCUT2D eigenvalue weighted by Gasteiger charge is 2.10. The van der Waals surface area contributed by atoms with Gasteiger partial charge in [0.15, 0.2) is 0 Å². The molecule has 2 rings (SSSR count). The lowest BCUT2D eigenvalue weighted by atomic mass is 9.95. The average molecular weight is 280 g/mol. The summed E-state index contributed by atoms with van der Waals surface area (Å²) in [6.45, 7) is 7.28. The van der Waals surface area contributed by atoms with Gasteiger partial charge in [-0.25, -0.2) is 0 Å². The number of carbonyl (C=O) groups excluding carboxylic acids is 1. The van der Waals surface area contributed by atoms with Crippen molar-refractivity contribution in [3.63, 3.8) is 0 Å². The van der Waals surface area contributed by atoms with Gasteiger partial charge in [0.2, 0.25) is 0 Å². The van der Waals surface area contributed by atoms with Gasteiger partial charge in [0.05, 0.1) is 0 Å². The monoisotopic (exact) mass is 280 g/mol. The molecule has 1 unspecified atom stereocenters. The maximum absolute atomic E-state index is 10.9. The van der Waals surface area contributed by atoms with Gasteiger partial charge in [-0.2, -0.15) is 0 Å². The zero-order chi connectivity index (χ0) is 15.2. The maximum Gasteiger partial charge on any atom is 0.307 e. The predicted octanol–water partition coefficient (Wildman–Crippen LogP) is 4.92. The third kappa shape index (κ3) is 4.32. The lowest BCUT2D eigenvalue weighted by Crippen LogP contribution is -2.02. The number of carbonyl (C=O) groups is 1. The molecule has 0 saturated heterocycles. The Morgan fingerprint density at radius 1 is 1.05 bits per heavy atom. The van der Waals surface area contributed by atoms with Crippen molar-refractivity contribution >= 4 is 5.97 Å². The van der Waals surface area contributed by atoms with Gasteiger partial charge in [-0.3, -0.25) is 4.79 Å². The topological polar surface area (TPSA) is 26.3 Å². The standard InChI is InChI=1S/C19H20O2/c1-14(13-15(2)21-16(3)20)17-9-11-19(12-10-17)18-7-5-4-6-8-18/h4-12,14H,2,13H2,1,3H3. The van der Waals surface area contributed by atoms with Crippen LogP contribution in [0, 0.1) is 0 Å². The van der Waals surface area contributed by atoms with E-state index in [4.69, 9.17) is 4.74 Å². The van der Waals surface area contributed by atoms with Crippen molar-refractivity contribution in [2.75, 3.05) is 0 Å². The quantitative estimate of drug-likeness (QED) is 0.573. The fourth-order valence-corrected chi connectivity index (χ4v) is 2.34. The lowest BCUT2D eigenvalue weighted by molar-refractivity contribution is -0.137. The summed E-state index contributed by atoms with van der Waals surface area (Å²) in [4.78, 5) is 10.9. The molecule has 1 atom stereocenters. The molecule has 0 fully saturated rings. The summed E-state index contributed by atoms with van der Waals surface area (Å²) >= 11 is 0. The summed E-state index contributed by atoms with van der Waals surface area (Å²) in [6.07, 6.45) is 0.643. The van der Waals surface area contributed by atoms with Crippen LogP contribution in [0.3, 0.4) is 0 Å². The molecule has 2 nitrogen and oxygen atoms in total. The molecule has 2 aromatic carbocycles. The van der Waals surface area contributed by atoms with E-state index in [2.05, 4.69) is 49.9 Å². The first-order valence-corrected chi connectivity index (χ1v) is 7.08. The maximum atomic E-state index is 10.9. The highest BCUT2D eigenvalue weighted by molar-refractivity contribution is 5.67. The van der Waals surface area contributed by atoms with Crippen LogP contribution in [-0.4, -0.2) is 5.97 Å². The third-order valence-corrected chi connectivity index (χ3v) is 3.41. The SMILES string of the molecule is C=C(CC(C)c1ccc(-c2ccccc2)cc1)OC(C)=O. The molecule has 0 aliphatic heterocycles. The fraction of sp³-hybridized carbons (Fsp3) is 0.211. The molecule has 0 amide bonds. The van der Waals surface area contributed by atoms with Crippen LogP contribution in [0.25, 0.3) is 11.1 Å². The van der Waals surface area contributed by atoms with E-state index in [1.165, 1.54) is 23.6 Å². The predicted molar refractivity (Wildman–Crippen MR) is 85.8 cm³/mol. The second-order valence-corrected chi connectivity index (χ2v) is 5.23. The third-order valence-electron chi connectivity index (χ3n) is 3.41. The Morgan fingerprint density at radius 2 is 1.62 bits per heavy atom. The normalized spacial score (nSPS) is 11.7. The molecule has 0 heterocycles. The molecule has 0 aromatic heterocycles. The Hall–Kier alpha value is -2.35. The van der Waals surface area contributed by atoms with Crippen LogP contribution in [0.1, 0.15) is 31.7 Å². The van der Waals surface area contributed by atoms with Gasteiger partial charge in [0.1, 0.15) is 5.76 Å². The Bertz CT molecular complexity index is 612. The number of esters is 1. The van der Waals surface area contributed by atoms with E-state index in [0.717, 1.165) is 0 Å². The Labute approximate surface area is 126 Å². The molecule has 108 valence electrons. The van der Waals surface area contributed by atoms with Crippen LogP contribution in [-0.2, 0) is 9.53 Å². The minimum absolute atomic E-state index is 0.265. The number of allylic oxidation sites excluding steroid dienone is 1. The molecular formula is C19H20O2. The van der Waals surface area contributed by atoms with Crippen LogP contribution in [0.2, 0.25) is 0 Å². The summed E-state index contributed by atoms with van der Waals surface area (Å²) in [5.41, 5.74) is 3.62. The minimum Gasteiger partial charge on any atom is -0.432 e. The van der Waals surface area contributed by atoms with Gasteiger partial charge in [0, 0.05) is 13.3 Å². The van der Waals surface area contributed by atoms with Gasteiger partial charge in [0.25, 0.3) is 0 Å². The van der Waals surface area contributed by atoms with Crippen molar-refractivity contribution in [3.05, 3.63) is 72.5 Å². The van der Waals surface area contributed by atoms with E-state index in [-0.39, 0.29) is 11.9 Å². The van der Waals surface area contributed by atoms with E-state index in [0.29, 0.717) is 12.2 Å². The lowest BCUT2D eigenvalue weighted by Gasteiger charge is -2.14. The van der Waals surface area contributed by atoms with E-state index in [9.17, 15) is 4.79 Å². The average Bonchev–Trinajstić information content (AvgIpc) is 2.47. The Balaban J connectivity index is 2.05. The highest BCUT2D eigenvalue weighted by atomic mass is 16.5. The molecule has 0 N–H and O–H groups in total. The fourth-order valence-electron chi connectivity index (χ4n) is 2.34. The van der Waals surface area contributed by atoms with Crippen molar-refractivity contribution < 1.29 is 9.53 Å². The van der Waals surface area contributed by atoms with Gasteiger partial charge in [-0.05, 0) is 22.6 Å². The number of rotatable bonds is 5. The van der Waals surface area contributed by atoms with E-state index < -0.39 is 0 Å². The molecule has 2 heteroatoms. The zero-order valence-electron chi connectivity index (χ0n) is 12.5. The first-order valence-electron chi connectivity index (χ1n) is 7.08. The van der Waals surface area contributed by atoms with E-state index in [1.807, 2.05) is 18.2 Å². The summed E-state index contributed by atoms with van der Waals surface area (Å²) < 4.78 is 5.00. The molecule has 2 aromatic rings. The van der Waals surface area contributed by atoms with Gasteiger partial charge in [-0.1, -0.05) is 68.1 Å². The molecule has 0 radical (unpaired) electrons. The largest absolute Gasteiger partial charge is 0.432 e. The van der Waals surface area contributed by atoms with Crippen LogP contribution < -0.4 is 0 Å². The number of benzene rings is 2. The van der Waals surface area contributed by atoms with Gasteiger partial charge >= 0.3 is 5.97 Å². The zero-order valence-corrected chi connectivity index (χ0v) is 12.5. The van der Waals surface area contributed by atoms with Crippen molar-refractivity contribution in [1.82, 2.24) is 0 Å². The van der Waals surface area contributed by atoms with Crippen molar-refractivity contribution in [2.24, 2.45) is 0 Å². The molecule has 0 saturated carbocycles. The summed E-state index contributed by atoms with van der Waals surface area (Å²) in [7, 11) is 0. The summed E-state index contributed by atoms with van der Waals surface area (Å²) in [5.74, 6) is 0.468. The molecule has 0 aliphatic carbocycles. The van der Waals surface area contributed by atoms with Crippen LogP contribution in [0.5, 0.6) is 0 Å². The van der Waals surface area contributed by atoms with Crippen molar-refractivity contribution in [2.45, 2.75) is 26.2 Å². The number of ether oxygens (including phenoxy) is 1. The molecule has 0 spiro atoms. The van der Waals surface area contributed by atoms with Crippen LogP contribution in [0.4, 0.5) is 0 Å². The number of hydrogen-bond acceptors (Lipinski definition) is 2.